The summed E-state index contributed by atoms with van der Waals surface area (Å²) < 4.78 is 0. The lowest BCUT2D eigenvalue weighted by molar-refractivity contribution is -0.141. The van der Waals surface area contributed by atoms with Crippen molar-refractivity contribution in [2.45, 2.75) is 57.9 Å². The van der Waals surface area contributed by atoms with Gasteiger partial charge in [-0.15, -0.1) is 0 Å². The monoisotopic (exact) mass is 572 g/mol. The van der Waals surface area contributed by atoms with Crippen LogP contribution in [0.5, 0.6) is 0 Å². The molecule has 1 saturated carbocycles. The Bertz CT molecular complexity index is 1420. The van der Waals surface area contributed by atoms with Crippen molar-refractivity contribution >= 4 is 29.4 Å². The van der Waals surface area contributed by atoms with Gasteiger partial charge in [0.1, 0.15) is 0 Å². The number of nitrogens with one attached hydrogen (secondary N) is 1. The number of carboxylic acid groups (broad SMARTS) is 1. The smallest absolute Gasteiger partial charge is 0.335 e. The molecule has 0 bridgehead atoms. The standard InChI is InChI=1S/C34H37ClN2O4/c1-34(2)21-37(17-16-29(34)23-12-14-27(35)15-13-23)32(39)28-10-6-7-11-30(28)36-31(38)25-18-24(19-26(20-25)33(40)41)22-8-4-3-5-9-22/h3-5,8-9,12-15,18-20,28-30H,6-7,10-11,16-17,21H2,1-2H3,(H,36,38)(H,40,41)/t28-,29?,30+/m0/s1. The van der Waals surface area contributed by atoms with Crippen LogP contribution < -0.4 is 5.32 Å². The molecule has 2 fully saturated rings. The Kier molecular flexibility index (Phi) is 8.50. The first-order valence-corrected chi connectivity index (χ1v) is 14.8. The third-order valence-corrected chi connectivity index (χ3v) is 9.01. The van der Waals surface area contributed by atoms with E-state index in [2.05, 4.69) is 31.3 Å². The van der Waals surface area contributed by atoms with Crippen molar-refractivity contribution in [1.82, 2.24) is 10.2 Å². The first kappa shape index (κ1) is 28.9. The number of carbonyl (C=O) groups is 3. The highest BCUT2D eigenvalue weighted by atomic mass is 35.5. The van der Waals surface area contributed by atoms with Gasteiger partial charge in [0.2, 0.25) is 5.91 Å². The molecule has 1 saturated heterocycles. The second-order valence-corrected chi connectivity index (χ2v) is 12.5. The third kappa shape index (κ3) is 6.48. The normalized spacial score (nSPS) is 22.1. The zero-order valence-corrected chi connectivity index (χ0v) is 24.4. The minimum Gasteiger partial charge on any atom is -0.478 e. The maximum atomic E-state index is 13.9. The molecule has 214 valence electrons. The summed E-state index contributed by atoms with van der Waals surface area (Å²) in [5.41, 5.74) is 2.97. The minimum atomic E-state index is -1.09. The lowest BCUT2D eigenvalue weighted by Crippen LogP contribution is -2.54. The van der Waals surface area contributed by atoms with Gasteiger partial charge in [0, 0.05) is 29.7 Å². The van der Waals surface area contributed by atoms with E-state index >= 15 is 0 Å². The second kappa shape index (κ2) is 12.1. The number of hydrogen-bond donors (Lipinski definition) is 2. The molecule has 7 heteroatoms. The van der Waals surface area contributed by atoms with Gasteiger partial charge >= 0.3 is 5.97 Å². The molecule has 1 aliphatic carbocycles. The second-order valence-electron chi connectivity index (χ2n) is 12.1. The number of piperidine rings is 1. The van der Waals surface area contributed by atoms with Crippen LogP contribution in [0.25, 0.3) is 11.1 Å². The van der Waals surface area contributed by atoms with Gasteiger partial charge in [-0.1, -0.05) is 80.8 Å². The van der Waals surface area contributed by atoms with Crippen molar-refractivity contribution in [2.24, 2.45) is 11.3 Å². The van der Waals surface area contributed by atoms with Crippen LogP contribution in [0.2, 0.25) is 5.02 Å². The highest BCUT2D eigenvalue weighted by Crippen LogP contribution is 2.43. The van der Waals surface area contributed by atoms with Crippen LogP contribution in [0.15, 0.2) is 72.8 Å². The molecule has 2 amide bonds. The summed E-state index contributed by atoms with van der Waals surface area (Å²) in [7, 11) is 0. The first-order valence-electron chi connectivity index (χ1n) is 14.4. The molecule has 6 nitrogen and oxygen atoms in total. The molecule has 3 aromatic rings. The summed E-state index contributed by atoms with van der Waals surface area (Å²) in [6.45, 7) is 5.75. The fourth-order valence-electron chi connectivity index (χ4n) is 6.62. The summed E-state index contributed by atoms with van der Waals surface area (Å²) in [6.07, 6.45) is 4.19. The van der Waals surface area contributed by atoms with Crippen molar-refractivity contribution in [3.05, 3.63) is 94.5 Å². The highest BCUT2D eigenvalue weighted by Gasteiger charge is 2.42. The van der Waals surface area contributed by atoms with E-state index in [1.165, 1.54) is 11.6 Å². The van der Waals surface area contributed by atoms with E-state index in [0.717, 1.165) is 42.7 Å². The average Bonchev–Trinajstić information content (AvgIpc) is 2.97. The zero-order chi connectivity index (χ0) is 29.1. The molecule has 0 spiro atoms. The van der Waals surface area contributed by atoms with Crippen molar-refractivity contribution in [3.8, 4) is 11.1 Å². The number of hydrogen-bond acceptors (Lipinski definition) is 3. The lowest BCUT2D eigenvalue weighted by atomic mass is 9.70. The van der Waals surface area contributed by atoms with Crippen molar-refractivity contribution in [3.63, 3.8) is 0 Å². The topological polar surface area (TPSA) is 86.7 Å². The summed E-state index contributed by atoms with van der Waals surface area (Å²) in [6, 6.07) is 21.8. The Hall–Kier alpha value is -3.64. The zero-order valence-electron chi connectivity index (χ0n) is 23.6. The SMILES string of the molecule is CC1(C)CN(C(=O)[C@H]2CCCC[C@H]2NC(=O)c2cc(C(=O)O)cc(-c3ccccc3)c2)CCC1c1ccc(Cl)cc1. The van der Waals surface area contributed by atoms with Gasteiger partial charge in [-0.25, -0.2) is 4.79 Å². The molecule has 2 N–H and O–H groups in total. The molecule has 0 radical (unpaired) electrons. The Morgan fingerprint density at radius 2 is 1.56 bits per heavy atom. The molecule has 5 rings (SSSR count). The summed E-state index contributed by atoms with van der Waals surface area (Å²) >= 11 is 6.11. The van der Waals surface area contributed by atoms with Gasteiger partial charge in [0.05, 0.1) is 11.5 Å². The molecule has 0 aromatic heterocycles. The Balaban J connectivity index is 1.32. The number of carboxylic acids is 1. The van der Waals surface area contributed by atoms with Crippen LogP contribution in [-0.2, 0) is 4.79 Å². The number of benzene rings is 3. The van der Waals surface area contributed by atoms with E-state index in [9.17, 15) is 19.5 Å². The van der Waals surface area contributed by atoms with Crippen molar-refractivity contribution in [1.29, 1.82) is 0 Å². The average molecular weight is 573 g/mol. The number of amides is 2. The number of nitrogens with zero attached hydrogens (tertiary/aromatic N) is 1. The fourth-order valence-corrected chi connectivity index (χ4v) is 6.75. The molecule has 1 heterocycles. The summed E-state index contributed by atoms with van der Waals surface area (Å²) in [5.74, 6) is -1.32. The largest absolute Gasteiger partial charge is 0.478 e. The fraction of sp³-hybridized carbons (Fsp3) is 0.382. The van der Waals surface area contributed by atoms with E-state index in [4.69, 9.17) is 11.6 Å². The summed E-state index contributed by atoms with van der Waals surface area (Å²) in [4.78, 5) is 41.3. The highest BCUT2D eigenvalue weighted by molar-refractivity contribution is 6.30. The minimum absolute atomic E-state index is 0.0542. The molecular formula is C34H37ClN2O4. The number of halogens is 1. The van der Waals surface area contributed by atoms with Crippen LogP contribution in [0.4, 0.5) is 0 Å². The van der Waals surface area contributed by atoms with E-state index < -0.39 is 5.97 Å². The van der Waals surface area contributed by atoms with Crippen LogP contribution in [0.3, 0.4) is 0 Å². The van der Waals surface area contributed by atoms with Crippen LogP contribution >= 0.6 is 11.6 Å². The molecule has 3 atom stereocenters. The molecule has 3 aromatic carbocycles. The van der Waals surface area contributed by atoms with E-state index in [1.54, 1.807) is 12.1 Å². The predicted octanol–water partition coefficient (Wildman–Crippen LogP) is 7.04. The molecule has 2 aliphatic rings. The number of likely N-dealkylation sites (tertiary alicyclic amines) is 1. The lowest BCUT2D eigenvalue weighted by Gasteiger charge is -2.46. The quantitative estimate of drug-likeness (QED) is 0.332. The van der Waals surface area contributed by atoms with Gasteiger partial charge in [-0.3, -0.25) is 9.59 Å². The summed E-state index contributed by atoms with van der Waals surface area (Å²) in [5, 5.41) is 13.5. The molecule has 1 aliphatic heterocycles. The van der Waals surface area contributed by atoms with Gasteiger partial charge < -0.3 is 15.3 Å². The molecular weight excluding hydrogens is 536 g/mol. The van der Waals surface area contributed by atoms with Gasteiger partial charge in [0.25, 0.3) is 5.91 Å². The van der Waals surface area contributed by atoms with Crippen molar-refractivity contribution < 1.29 is 19.5 Å². The third-order valence-electron chi connectivity index (χ3n) is 8.76. The Labute approximate surface area is 246 Å². The molecule has 41 heavy (non-hydrogen) atoms. The van der Waals surface area contributed by atoms with Crippen LogP contribution in [-0.4, -0.2) is 46.9 Å². The van der Waals surface area contributed by atoms with Crippen LogP contribution in [0, 0.1) is 11.3 Å². The van der Waals surface area contributed by atoms with E-state index in [-0.39, 0.29) is 40.3 Å². The number of aromatic carboxylic acids is 1. The molecule has 1 unspecified atom stereocenters. The maximum Gasteiger partial charge on any atom is 0.335 e. The van der Waals surface area contributed by atoms with Crippen molar-refractivity contribution in [2.75, 3.05) is 13.1 Å². The van der Waals surface area contributed by atoms with Gasteiger partial charge in [0.15, 0.2) is 0 Å². The van der Waals surface area contributed by atoms with E-state index in [1.807, 2.05) is 47.4 Å². The van der Waals surface area contributed by atoms with Gasteiger partial charge in [-0.05, 0) is 77.6 Å². The Morgan fingerprint density at radius 1 is 0.878 bits per heavy atom. The predicted molar refractivity (Wildman–Crippen MR) is 161 cm³/mol. The number of rotatable bonds is 6. The van der Waals surface area contributed by atoms with E-state index in [0.29, 0.717) is 24.6 Å². The van der Waals surface area contributed by atoms with Crippen LogP contribution in [0.1, 0.15) is 78.1 Å². The maximum absolute atomic E-state index is 13.9. The number of carbonyl (C=O) groups excluding carboxylic acids is 2. The first-order chi connectivity index (χ1) is 19.6. The van der Waals surface area contributed by atoms with Gasteiger partial charge in [-0.2, -0.15) is 0 Å². The Morgan fingerprint density at radius 3 is 2.24 bits per heavy atom.